The quantitative estimate of drug-likeness (QED) is 0.537. The van der Waals surface area contributed by atoms with Crippen LogP contribution in [-0.4, -0.2) is 12.4 Å². The maximum Gasteiger partial charge on any atom is 0.401 e. The highest BCUT2D eigenvalue weighted by atomic mass is 79.9. The van der Waals surface area contributed by atoms with Gasteiger partial charge in [-0.25, -0.2) is 0 Å². The third kappa shape index (κ3) is 3.11. The zero-order chi connectivity index (χ0) is 15.1. The van der Waals surface area contributed by atoms with E-state index in [0.29, 0.717) is 12.2 Å². The van der Waals surface area contributed by atoms with Gasteiger partial charge in [0.2, 0.25) is 0 Å². The van der Waals surface area contributed by atoms with E-state index in [2.05, 4.69) is 15.9 Å². The molecule has 0 aliphatic carbocycles. The molecule has 0 aromatic heterocycles. The number of fused-ring (bicyclic) bond motifs is 1. The molecule has 0 spiro atoms. The fourth-order valence-corrected chi connectivity index (χ4v) is 2.96. The minimum Gasteiger partial charge on any atom is -0.372 e. The fraction of sp³-hybridized carbons (Fsp3) is 0.500. The highest BCUT2D eigenvalue weighted by Crippen LogP contribution is 2.50. The van der Waals surface area contributed by atoms with E-state index in [0.717, 1.165) is 5.56 Å². The van der Waals surface area contributed by atoms with E-state index in [4.69, 9.17) is 4.74 Å². The molecular formula is C12H9BrF6O. The van der Waals surface area contributed by atoms with Crippen LogP contribution >= 0.6 is 15.9 Å². The van der Waals surface area contributed by atoms with Crippen molar-refractivity contribution in [1.82, 2.24) is 0 Å². The molecule has 1 unspecified atom stereocenters. The van der Waals surface area contributed by atoms with Gasteiger partial charge in [-0.05, 0) is 16.7 Å². The average molecular weight is 363 g/mol. The molecule has 8 heteroatoms. The van der Waals surface area contributed by atoms with Gasteiger partial charge >= 0.3 is 12.4 Å². The second-order valence-corrected chi connectivity index (χ2v) is 5.47. The van der Waals surface area contributed by atoms with E-state index in [1.54, 1.807) is 0 Å². The van der Waals surface area contributed by atoms with E-state index < -0.39 is 23.1 Å². The lowest BCUT2D eigenvalue weighted by atomic mass is 9.95. The van der Waals surface area contributed by atoms with Gasteiger partial charge in [0.05, 0.1) is 18.0 Å². The Hall–Kier alpha value is -0.760. The summed E-state index contributed by atoms with van der Waals surface area (Å²) in [7, 11) is 0. The Morgan fingerprint density at radius 3 is 2.05 bits per heavy atom. The standard InChI is InChI=1S/C12H9BrF6O/c13-9(10(11(14,15)16)12(17,18)19)6-1-2-7-4-20-5-8(7)3-6/h1-3,9-10H,4-5H2. The molecule has 1 aliphatic heterocycles. The number of alkyl halides is 7. The summed E-state index contributed by atoms with van der Waals surface area (Å²) < 4.78 is 81.0. The van der Waals surface area contributed by atoms with Gasteiger partial charge in [-0.1, -0.05) is 34.1 Å². The number of hydrogen-bond acceptors (Lipinski definition) is 1. The largest absolute Gasteiger partial charge is 0.401 e. The van der Waals surface area contributed by atoms with Crippen molar-refractivity contribution in [3.05, 3.63) is 34.9 Å². The van der Waals surface area contributed by atoms with Gasteiger partial charge in [0.1, 0.15) is 0 Å². The SMILES string of the molecule is FC(F)(F)C(C(Br)c1ccc2c(c1)COC2)C(F)(F)F. The Kier molecular flexibility index (Phi) is 4.07. The summed E-state index contributed by atoms with van der Waals surface area (Å²) in [6.45, 7) is 0.524. The van der Waals surface area contributed by atoms with Gasteiger partial charge in [0.25, 0.3) is 0 Å². The Labute approximate surface area is 119 Å². The van der Waals surface area contributed by atoms with Gasteiger partial charge in [-0.15, -0.1) is 0 Å². The molecule has 112 valence electrons. The van der Waals surface area contributed by atoms with Crippen LogP contribution in [0, 0.1) is 5.92 Å². The normalized spacial score (nSPS) is 17.4. The lowest BCUT2D eigenvalue weighted by Crippen LogP contribution is -2.39. The number of hydrogen-bond donors (Lipinski definition) is 0. The van der Waals surface area contributed by atoms with Crippen LogP contribution in [0.1, 0.15) is 21.5 Å². The van der Waals surface area contributed by atoms with Gasteiger partial charge < -0.3 is 4.74 Å². The predicted molar refractivity (Wildman–Crippen MR) is 62.2 cm³/mol. The molecule has 20 heavy (non-hydrogen) atoms. The predicted octanol–water partition coefficient (Wildman–Crippen LogP) is 4.89. The van der Waals surface area contributed by atoms with Crippen molar-refractivity contribution in [3.63, 3.8) is 0 Å². The summed E-state index contributed by atoms with van der Waals surface area (Å²) >= 11 is 2.55. The minimum atomic E-state index is -5.37. The molecule has 2 rings (SSSR count). The topological polar surface area (TPSA) is 9.23 Å². The molecule has 0 radical (unpaired) electrons. The van der Waals surface area contributed by atoms with Crippen LogP contribution in [0.3, 0.4) is 0 Å². The second-order valence-electron chi connectivity index (χ2n) is 4.48. The fourth-order valence-electron chi connectivity index (χ4n) is 2.07. The van der Waals surface area contributed by atoms with Crippen LogP contribution in [0.25, 0.3) is 0 Å². The lowest BCUT2D eigenvalue weighted by molar-refractivity contribution is -0.283. The number of halogens is 7. The Balaban J connectivity index is 2.35. The number of ether oxygens (including phenoxy) is 1. The zero-order valence-electron chi connectivity index (χ0n) is 9.85. The molecule has 0 N–H and O–H groups in total. The average Bonchev–Trinajstić information content (AvgIpc) is 2.71. The third-order valence-electron chi connectivity index (χ3n) is 3.06. The Morgan fingerprint density at radius 2 is 1.50 bits per heavy atom. The molecular weight excluding hydrogens is 354 g/mol. The Morgan fingerprint density at radius 1 is 0.950 bits per heavy atom. The molecule has 1 aliphatic rings. The second kappa shape index (κ2) is 5.22. The van der Waals surface area contributed by atoms with Crippen molar-refractivity contribution >= 4 is 15.9 Å². The van der Waals surface area contributed by atoms with Gasteiger partial charge in [0, 0.05) is 0 Å². The Bertz CT molecular complexity index is 482. The molecule has 1 aromatic rings. The highest BCUT2D eigenvalue weighted by Gasteiger charge is 2.60. The van der Waals surface area contributed by atoms with Crippen molar-refractivity contribution in [2.45, 2.75) is 30.4 Å². The van der Waals surface area contributed by atoms with Gasteiger partial charge in [0.15, 0.2) is 5.92 Å². The summed E-state index contributed by atoms with van der Waals surface area (Å²) in [4.78, 5) is -1.88. The first-order valence-corrected chi connectivity index (χ1v) is 6.49. The summed E-state index contributed by atoms with van der Waals surface area (Å²) in [6, 6.07) is 4.08. The van der Waals surface area contributed by atoms with Crippen molar-refractivity contribution in [1.29, 1.82) is 0 Å². The molecule has 1 aromatic carbocycles. The van der Waals surface area contributed by atoms with Gasteiger partial charge in [-0.2, -0.15) is 26.3 Å². The van der Waals surface area contributed by atoms with Crippen molar-refractivity contribution < 1.29 is 31.1 Å². The van der Waals surface area contributed by atoms with E-state index in [9.17, 15) is 26.3 Å². The first-order valence-electron chi connectivity index (χ1n) is 5.57. The number of rotatable bonds is 2. The minimum absolute atomic E-state index is 0.0612. The molecule has 0 saturated heterocycles. The van der Waals surface area contributed by atoms with Crippen LogP contribution in [0.2, 0.25) is 0 Å². The van der Waals surface area contributed by atoms with E-state index in [1.165, 1.54) is 18.2 Å². The van der Waals surface area contributed by atoms with Crippen LogP contribution < -0.4 is 0 Å². The number of benzene rings is 1. The van der Waals surface area contributed by atoms with Crippen LogP contribution in [0.15, 0.2) is 18.2 Å². The first-order chi connectivity index (χ1) is 9.10. The lowest BCUT2D eigenvalue weighted by Gasteiger charge is -2.27. The molecule has 0 saturated carbocycles. The van der Waals surface area contributed by atoms with E-state index in [-0.39, 0.29) is 12.2 Å². The van der Waals surface area contributed by atoms with Crippen molar-refractivity contribution in [2.75, 3.05) is 0 Å². The monoisotopic (exact) mass is 362 g/mol. The van der Waals surface area contributed by atoms with Crippen molar-refractivity contribution in [2.24, 2.45) is 5.92 Å². The van der Waals surface area contributed by atoms with Gasteiger partial charge in [-0.3, -0.25) is 0 Å². The molecule has 1 nitrogen and oxygen atoms in total. The summed E-state index contributed by atoms with van der Waals surface area (Å²) in [6.07, 6.45) is -10.7. The molecule has 0 bridgehead atoms. The maximum absolute atomic E-state index is 12.7. The highest BCUT2D eigenvalue weighted by molar-refractivity contribution is 9.09. The summed E-state index contributed by atoms with van der Waals surface area (Å²) in [5, 5.41) is 0. The third-order valence-corrected chi connectivity index (χ3v) is 4.12. The molecule has 1 atom stereocenters. The maximum atomic E-state index is 12.7. The van der Waals surface area contributed by atoms with Crippen LogP contribution in [0.5, 0.6) is 0 Å². The van der Waals surface area contributed by atoms with E-state index >= 15 is 0 Å². The van der Waals surface area contributed by atoms with E-state index in [1.807, 2.05) is 0 Å². The van der Waals surface area contributed by atoms with Crippen LogP contribution in [-0.2, 0) is 18.0 Å². The summed E-state index contributed by atoms with van der Waals surface area (Å²) in [5.41, 5.74) is 1.34. The molecule has 0 fully saturated rings. The molecule has 0 amide bonds. The summed E-state index contributed by atoms with van der Waals surface area (Å²) in [5.74, 6) is -3.45. The molecule has 1 heterocycles. The van der Waals surface area contributed by atoms with Crippen LogP contribution in [0.4, 0.5) is 26.3 Å². The first kappa shape index (κ1) is 15.6. The van der Waals surface area contributed by atoms with Crippen molar-refractivity contribution in [3.8, 4) is 0 Å². The zero-order valence-corrected chi connectivity index (χ0v) is 11.4. The smallest absolute Gasteiger partial charge is 0.372 e.